The lowest BCUT2D eigenvalue weighted by atomic mass is 10.1. The molecule has 0 bridgehead atoms. The maximum Gasteiger partial charge on any atom is 0.0594 e. The summed E-state index contributed by atoms with van der Waals surface area (Å²) in [6.07, 6.45) is 4.14. The Balaban J connectivity index is 1.87. The van der Waals surface area contributed by atoms with Gasteiger partial charge in [-0.25, -0.2) is 0 Å². The van der Waals surface area contributed by atoms with Crippen molar-refractivity contribution >= 4 is 0 Å². The Labute approximate surface area is 101 Å². The van der Waals surface area contributed by atoms with E-state index in [4.69, 9.17) is 4.74 Å². The average Bonchev–Trinajstić information content (AvgIpc) is 2.23. The van der Waals surface area contributed by atoms with Crippen molar-refractivity contribution in [1.29, 1.82) is 0 Å². The third-order valence-corrected chi connectivity index (χ3v) is 2.90. The molecule has 0 aromatic rings. The third kappa shape index (κ3) is 7.20. The summed E-state index contributed by atoms with van der Waals surface area (Å²) in [7, 11) is 0. The fourth-order valence-corrected chi connectivity index (χ4v) is 1.98. The first-order valence-electron chi connectivity index (χ1n) is 6.63. The van der Waals surface area contributed by atoms with Crippen LogP contribution in [0.5, 0.6) is 0 Å². The van der Waals surface area contributed by atoms with Crippen LogP contribution in [-0.4, -0.2) is 49.8 Å². The second kappa shape index (κ2) is 7.25. The van der Waals surface area contributed by atoms with E-state index in [9.17, 15) is 0 Å². The van der Waals surface area contributed by atoms with Crippen molar-refractivity contribution in [3.05, 3.63) is 0 Å². The van der Waals surface area contributed by atoms with Crippen molar-refractivity contribution in [3.8, 4) is 0 Å². The van der Waals surface area contributed by atoms with E-state index < -0.39 is 0 Å². The molecule has 0 aromatic heterocycles. The molecule has 0 radical (unpaired) electrons. The maximum atomic E-state index is 5.63. The number of ether oxygens (including phenoxy) is 1. The second-order valence-corrected chi connectivity index (χ2v) is 5.69. The van der Waals surface area contributed by atoms with Crippen LogP contribution in [0.1, 0.15) is 40.0 Å². The van der Waals surface area contributed by atoms with Gasteiger partial charge in [-0.2, -0.15) is 0 Å². The highest BCUT2D eigenvalue weighted by atomic mass is 16.5. The molecular formula is C13H28N2O. The molecule has 0 aliphatic carbocycles. The summed E-state index contributed by atoms with van der Waals surface area (Å²) in [6, 6.07) is 0. The molecule has 0 unspecified atom stereocenters. The third-order valence-electron chi connectivity index (χ3n) is 2.90. The van der Waals surface area contributed by atoms with Gasteiger partial charge >= 0.3 is 0 Å². The number of piperidine rings is 1. The van der Waals surface area contributed by atoms with E-state index in [1.807, 2.05) is 0 Å². The summed E-state index contributed by atoms with van der Waals surface area (Å²) in [6.45, 7) is 12.8. The molecule has 1 N–H and O–H groups in total. The Morgan fingerprint density at radius 2 is 1.75 bits per heavy atom. The summed E-state index contributed by atoms with van der Waals surface area (Å²) < 4.78 is 5.63. The molecule has 0 spiro atoms. The molecule has 1 aliphatic rings. The first kappa shape index (κ1) is 13.9. The lowest BCUT2D eigenvalue weighted by molar-refractivity contribution is 0.0951. The molecule has 1 saturated heterocycles. The zero-order valence-electron chi connectivity index (χ0n) is 11.2. The normalized spacial score (nSPS) is 18.9. The van der Waals surface area contributed by atoms with Crippen LogP contribution in [0.2, 0.25) is 0 Å². The van der Waals surface area contributed by atoms with E-state index >= 15 is 0 Å². The number of nitrogens with zero attached hydrogens (tertiary/aromatic N) is 1. The fraction of sp³-hybridized carbons (Fsp3) is 1.00. The number of hydrogen-bond acceptors (Lipinski definition) is 3. The van der Waals surface area contributed by atoms with Gasteiger partial charge in [0.15, 0.2) is 0 Å². The van der Waals surface area contributed by atoms with Gasteiger partial charge in [-0.3, -0.25) is 0 Å². The Morgan fingerprint density at radius 1 is 1.06 bits per heavy atom. The molecule has 96 valence electrons. The summed E-state index contributed by atoms with van der Waals surface area (Å²) >= 11 is 0. The Morgan fingerprint density at radius 3 is 2.38 bits per heavy atom. The van der Waals surface area contributed by atoms with Crippen LogP contribution in [0.15, 0.2) is 0 Å². The van der Waals surface area contributed by atoms with Gasteiger partial charge in [-0.1, -0.05) is 6.42 Å². The highest BCUT2D eigenvalue weighted by Crippen LogP contribution is 2.07. The topological polar surface area (TPSA) is 24.5 Å². The first-order valence-corrected chi connectivity index (χ1v) is 6.63. The van der Waals surface area contributed by atoms with Crippen LogP contribution in [0.3, 0.4) is 0 Å². The van der Waals surface area contributed by atoms with Gasteiger partial charge in [0.2, 0.25) is 0 Å². The average molecular weight is 228 g/mol. The highest BCUT2D eigenvalue weighted by molar-refractivity contribution is 4.69. The van der Waals surface area contributed by atoms with E-state index in [1.54, 1.807) is 0 Å². The Kier molecular flexibility index (Phi) is 6.32. The zero-order valence-corrected chi connectivity index (χ0v) is 11.2. The standard InChI is InChI=1S/C13H28N2O/c1-13(2,3)14-7-11-16-12-10-15-8-5-4-6-9-15/h14H,4-12H2,1-3H3. The molecule has 16 heavy (non-hydrogen) atoms. The van der Waals surface area contributed by atoms with Crippen LogP contribution in [-0.2, 0) is 4.74 Å². The second-order valence-electron chi connectivity index (χ2n) is 5.69. The number of rotatable bonds is 6. The lowest BCUT2D eigenvalue weighted by Gasteiger charge is -2.26. The molecule has 3 heteroatoms. The van der Waals surface area contributed by atoms with Crippen molar-refractivity contribution in [2.75, 3.05) is 39.4 Å². The molecule has 1 heterocycles. The van der Waals surface area contributed by atoms with E-state index in [-0.39, 0.29) is 5.54 Å². The molecule has 1 rings (SSSR count). The van der Waals surface area contributed by atoms with Crippen molar-refractivity contribution in [2.45, 2.75) is 45.6 Å². The lowest BCUT2D eigenvalue weighted by Crippen LogP contribution is -2.38. The summed E-state index contributed by atoms with van der Waals surface area (Å²) in [5, 5.41) is 3.42. The minimum absolute atomic E-state index is 0.205. The van der Waals surface area contributed by atoms with Gasteiger partial charge in [-0.05, 0) is 46.7 Å². The van der Waals surface area contributed by atoms with Gasteiger partial charge in [0.25, 0.3) is 0 Å². The molecule has 0 aromatic carbocycles. The highest BCUT2D eigenvalue weighted by Gasteiger charge is 2.09. The molecule has 0 saturated carbocycles. The minimum atomic E-state index is 0.205. The predicted molar refractivity (Wildman–Crippen MR) is 68.9 cm³/mol. The van der Waals surface area contributed by atoms with Gasteiger partial charge in [0.1, 0.15) is 0 Å². The number of hydrogen-bond donors (Lipinski definition) is 1. The largest absolute Gasteiger partial charge is 0.379 e. The summed E-state index contributed by atoms with van der Waals surface area (Å²) in [4.78, 5) is 2.51. The Bertz CT molecular complexity index is 171. The van der Waals surface area contributed by atoms with Crippen molar-refractivity contribution in [3.63, 3.8) is 0 Å². The monoisotopic (exact) mass is 228 g/mol. The van der Waals surface area contributed by atoms with Gasteiger partial charge < -0.3 is 15.0 Å². The van der Waals surface area contributed by atoms with Gasteiger partial charge in [0.05, 0.1) is 13.2 Å². The van der Waals surface area contributed by atoms with Crippen LogP contribution < -0.4 is 5.32 Å². The van der Waals surface area contributed by atoms with Crippen LogP contribution in [0, 0.1) is 0 Å². The van der Waals surface area contributed by atoms with E-state index in [0.717, 1.165) is 26.3 Å². The number of nitrogens with one attached hydrogen (secondary N) is 1. The van der Waals surface area contributed by atoms with Crippen molar-refractivity contribution < 1.29 is 4.74 Å². The van der Waals surface area contributed by atoms with E-state index in [0.29, 0.717) is 0 Å². The summed E-state index contributed by atoms with van der Waals surface area (Å²) in [5.74, 6) is 0. The quantitative estimate of drug-likeness (QED) is 0.703. The van der Waals surface area contributed by atoms with Crippen LogP contribution in [0.25, 0.3) is 0 Å². The molecule has 1 aliphatic heterocycles. The van der Waals surface area contributed by atoms with E-state index in [1.165, 1.54) is 32.4 Å². The maximum absolute atomic E-state index is 5.63. The van der Waals surface area contributed by atoms with Crippen molar-refractivity contribution in [1.82, 2.24) is 10.2 Å². The summed E-state index contributed by atoms with van der Waals surface area (Å²) in [5.41, 5.74) is 0.205. The molecular weight excluding hydrogens is 200 g/mol. The molecule has 0 amide bonds. The fourth-order valence-electron chi connectivity index (χ4n) is 1.98. The van der Waals surface area contributed by atoms with Gasteiger partial charge in [0, 0.05) is 18.6 Å². The van der Waals surface area contributed by atoms with Gasteiger partial charge in [-0.15, -0.1) is 0 Å². The van der Waals surface area contributed by atoms with Crippen LogP contribution >= 0.6 is 0 Å². The van der Waals surface area contributed by atoms with Crippen LogP contribution in [0.4, 0.5) is 0 Å². The molecule has 3 nitrogen and oxygen atoms in total. The Hall–Kier alpha value is -0.120. The smallest absolute Gasteiger partial charge is 0.0594 e. The van der Waals surface area contributed by atoms with Crippen molar-refractivity contribution in [2.24, 2.45) is 0 Å². The molecule has 1 fully saturated rings. The zero-order chi connectivity index (χ0) is 11.9. The SMILES string of the molecule is CC(C)(C)NCCOCCN1CCCCC1. The van der Waals surface area contributed by atoms with E-state index in [2.05, 4.69) is 31.0 Å². The minimum Gasteiger partial charge on any atom is -0.379 e. The number of likely N-dealkylation sites (tertiary alicyclic amines) is 1. The predicted octanol–water partition coefficient (Wildman–Crippen LogP) is 1.88. The first-order chi connectivity index (χ1) is 7.58. The molecule has 0 atom stereocenters.